The summed E-state index contributed by atoms with van der Waals surface area (Å²) in [6, 6.07) is 9.36. The molecule has 0 aliphatic carbocycles. The van der Waals surface area contributed by atoms with E-state index in [0.717, 1.165) is 21.2 Å². The molecule has 0 aliphatic heterocycles. The number of fused-ring (bicyclic) bond motifs is 1. The van der Waals surface area contributed by atoms with Crippen molar-refractivity contribution in [3.8, 4) is 11.4 Å². The first-order chi connectivity index (χ1) is 12.1. The summed E-state index contributed by atoms with van der Waals surface area (Å²) in [6.45, 7) is 1.91. The minimum Gasteiger partial charge on any atom is -0.338 e. The predicted octanol–water partition coefficient (Wildman–Crippen LogP) is 4.88. The Balaban J connectivity index is 1.80. The largest absolute Gasteiger partial charge is 0.338 e. The lowest BCUT2D eigenvalue weighted by Crippen LogP contribution is -1.98. The number of hydrogen-bond donors (Lipinski definition) is 2. The van der Waals surface area contributed by atoms with E-state index >= 15 is 0 Å². The quantitative estimate of drug-likeness (QED) is 0.498. The zero-order chi connectivity index (χ0) is 17.4. The van der Waals surface area contributed by atoms with Gasteiger partial charge >= 0.3 is 0 Å². The second-order valence-corrected chi connectivity index (χ2v) is 6.76. The molecule has 124 valence electrons. The monoisotopic (exact) mass is 414 g/mol. The van der Waals surface area contributed by atoms with Gasteiger partial charge in [0.2, 0.25) is 0 Å². The summed E-state index contributed by atoms with van der Waals surface area (Å²) in [5.41, 5.74) is 3.25. The number of nitrogens with one attached hydrogen (secondary N) is 2. The number of pyridine rings is 1. The summed E-state index contributed by atoms with van der Waals surface area (Å²) < 4.78 is 0.931. The molecule has 0 spiro atoms. The molecular weight excluding hydrogens is 404 g/mol. The van der Waals surface area contributed by atoms with E-state index in [-0.39, 0.29) is 0 Å². The number of imidazole rings is 1. The van der Waals surface area contributed by atoms with Gasteiger partial charge in [-0.25, -0.2) is 19.9 Å². The number of aryl methyl sites for hydroxylation is 1. The summed E-state index contributed by atoms with van der Waals surface area (Å²) in [4.78, 5) is 20.6. The van der Waals surface area contributed by atoms with Gasteiger partial charge in [0, 0.05) is 28.0 Å². The van der Waals surface area contributed by atoms with Gasteiger partial charge in [-0.1, -0.05) is 27.5 Å². The topological polar surface area (TPSA) is 79.4 Å². The molecule has 8 heteroatoms. The maximum absolute atomic E-state index is 6.32. The molecule has 3 aromatic heterocycles. The number of halogens is 2. The molecule has 0 atom stereocenters. The van der Waals surface area contributed by atoms with Crippen LogP contribution in [0.4, 0.5) is 11.6 Å². The maximum atomic E-state index is 6.32. The van der Waals surface area contributed by atoms with Gasteiger partial charge in [0.1, 0.15) is 23.5 Å². The Kier molecular flexibility index (Phi) is 4.10. The standard InChI is InChI=1S/C17H12BrClN6/c1-9-6-14(22-8-21-9)24-17-15-13(4-5-20-17)23-16(25-15)11-7-10(18)2-3-12(11)19/h2-8H,1H3,(H,23,25)(H,20,21,22,24). The third-order valence-corrected chi connectivity index (χ3v) is 4.46. The SMILES string of the molecule is Cc1cc(Nc2nccc3[nH]c(-c4cc(Br)ccc4Cl)nc23)ncn1. The number of benzene rings is 1. The lowest BCUT2D eigenvalue weighted by atomic mass is 10.2. The van der Waals surface area contributed by atoms with E-state index in [9.17, 15) is 0 Å². The average molecular weight is 416 g/mol. The molecule has 0 fully saturated rings. The van der Waals surface area contributed by atoms with Gasteiger partial charge in [0.05, 0.1) is 10.5 Å². The number of nitrogens with zero attached hydrogens (tertiary/aromatic N) is 4. The van der Waals surface area contributed by atoms with Crippen LogP contribution in [0, 0.1) is 6.92 Å². The minimum atomic E-state index is 0.615. The zero-order valence-electron chi connectivity index (χ0n) is 13.1. The van der Waals surface area contributed by atoms with Crippen molar-refractivity contribution in [2.75, 3.05) is 5.32 Å². The molecule has 0 aliphatic rings. The van der Waals surface area contributed by atoms with Gasteiger partial charge < -0.3 is 10.3 Å². The Morgan fingerprint density at radius 1 is 1.12 bits per heavy atom. The molecular formula is C17H12BrClN6. The van der Waals surface area contributed by atoms with Crippen molar-refractivity contribution in [2.24, 2.45) is 0 Å². The van der Waals surface area contributed by atoms with E-state index in [1.54, 1.807) is 6.20 Å². The van der Waals surface area contributed by atoms with Crippen molar-refractivity contribution in [2.45, 2.75) is 6.92 Å². The Morgan fingerprint density at radius 2 is 2.00 bits per heavy atom. The highest BCUT2D eigenvalue weighted by Crippen LogP contribution is 2.31. The van der Waals surface area contributed by atoms with Gasteiger partial charge in [-0.2, -0.15) is 0 Å². The van der Waals surface area contributed by atoms with Crippen LogP contribution < -0.4 is 5.32 Å². The first kappa shape index (κ1) is 16.0. The first-order valence-corrected chi connectivity index (χ1v) is 8.63. The molecule has 6 nitrogen and oxygen atoms in total. The van der Waals surface area contributed by atoms with Crippen molar-refractivity contribution in [3.05, 3.63) is 58.0 Å². The second kappa shape index (κ2) is 6.42. The van der Waals surface area contributed by atoms with Crippen LogP contribution in [0.2, 0.25) is 5.02 Å². The van der Waals surface area contributed by atoms with Crippen LogP contribution in [0.5, 0.6) is 0 Å². The highest BCUT2D eigenvalue weighted by atomic mass is 79.9. The summed E-state index contributed by atoms with van der Waals surface area (Å²) in [5.74, 6) is 1.96. The lowest BCUT2D eigenvalue weighted by molar-refractivity contribution is 1.10. The van der Waals surface area contributed by atoms with Crippen LogP contribution >= 0.6 is 27.5 Å². The van der Waals surface area contributed by atoms with E-state index in [1.807, 2.05) is 37.3 Å². The van der Waals surface area contributed by atoms with E-state index in [4.69, 9.17) is 11.6 Å². The Labute approximate surface area is 156 Å². The van der Waals surface area contributed by atoms with Crippen LogP contribution in [0.25, 0.3) is 22.4 Å². The maximum Gasteiger partial charge on any atom is 0.159 e. The Hall–Kier alpha value is -2.51. The molecule has 1 aromatic carbocycles. The van der Waals surface area contributed by atoms with Gasteiger partial charge in [0.15, 0.2) is 5.82 Å². The fourth-order valence-corrected chi connectivity index (χ4v) is 3.05. The number of rotatable bonds is 3. The fourth-order valence-electron chi connectivity index (χ4n) is 2.48. The molecule has 0 bridgehead atoms. The molecule has 0 radical (unpaired) electrons. The summed E-state index contributed by atoms with van der Waals surface area (Å²) in [7, 11) is 0. The average Bonchev–Trinajstić information content (AvgIpc) is 3.02. The molecule has 3 heterocycles. The third-order valence-electron chi connectivity index (χ3n) is 3.63. The molecule has 0 unspecified atom stereocenters. The van der Waals surface area contributed by atoms with Crippen LogP contribution in [-0.2, 0) is 0 Å². The zero-order valence-corrected chi connectivity index (χ0v) is 15.4. The van der Waals surface area contributed by atoms with E-state index in [2.05, 4.69) is 46.2 Å². The number of H-pyrrole nitrogens is 1. The van der Waals surface area contributed by atoms with Crippen molar-refractivity contribution in [1.29, 1.82) is 0 Å². The molecule has 4 aromatic rings. The first-order valence-electron chi connectivity index (χ1n) is 7.46. The predicted molar refractivity (Wildman–Crippen MR) is 102 cm³/mol. The highest BCUT2D eigenvalue weighted by molar-refractivity contribution is 9.10. The van der Waals surface area contributed by atoms with Crippen LogP contribution in [0.3, 0.4) is 0 Å². The molecule has 0 saturated carbocycles. The van der Waals surface area contributed by atoms with Crippen molar-refractivity contribution < 1.29 is 0 Å². The number of aromatic amines is 1. The summed E-state index contributed by atoms with van der Waals surface area (Å²) in [6.07, 6.45) is 3.22. The normalized spacial score (nSPS) is 11.0. The highest BCUT2D eigenvalue weighted by Gasteiger charge is 2.13. The fraction of sp³-hybridized carbons (Fsp3) is 0.0588. The van der Waals surface area contributed by atoms with Crippen LogP contribution in [0.15, 0.2) is 47.3 Å². The van der Waals surface area contributed by atoms with Crippen molar-refractivity contribution in [1.82, 2.24) is 24.9 Å². The minimum absolute atomic E-state index is 0.615. The summed E-state index contributed by atoms with van der Waals surface area (Å²) in [5, 5.41) is 3.81. The lowest BCUT2D eigenvalue weighted by Gasteiger charge is -2.05. The molecule has 0 amide bonds. The summed E-state index contributed by atoms with van der Waals surface area (Å²) >= 11 is 9.78. The molecule has 0 saturated heterocycles. The van der Waals surface area contributed by atoms with E-state index in [1.165, 1.54) is 6.33 Å². The number of anilines is 2. The molecule has 4 rings (SSSR count). The van der Waals surface area contributed by atoms with Gasteiger partial charge in [0.25, 0.3) is 0 Å². The smallest absolute Gasteiger partial charge is 0.159 e. The number of aromatic nitrogens is 5. The molecule has 25 heavy (non-hydrogen) atoms. The van der Waals surface area contributed by atoms with Gasteiger partial charge in [-0.3, -0.25) is 0 Å². The third kappa shape index (κ3) is 3.20. The Bertz CT molecular complexity index is 1080. The Morgan fingerprint density at radius 3 is 2.84 bits per heavy atom. The van der Waals surface area contributed by atoms with E-state index in [0.29, 0.717) is 28.0 Å². The van der Waals surface area contributed by atoms with E-state index < -0.39 is 0 Å². The van der Waals surface area contributed by atoms with Gasteiger partial charge in [-0.05, 0) is 31.2 Å². The van der Waals surface area contributed by atoms with Crippen molar-refractivity contribution in [3.63, 3.8) is 0 Å². The number of hydrogen-bond acceptors (Lipinski definition) is 5. The molecule has 2 N–H and O–H groups in total. The van der Waals surface area contributed by atoms with Crippen LogP contribution in [0.1, 0.15) is 5.69 Å². The van der Waals surface area contributed by atoms with Gasteiger partial charge in [-0.15, -0.1) is 0 Å². The second-order valence-electron chi connectivity index (χ2n) is 5.43. The van der Waals surface area contributed by atoms with Crippen molar-refractivity contribution >= 4 is 50.2 Å². The van der Waals surface area contributed by atoms with Crippen LogP contribution in [-0.4, -0.2) is 24.9 Å².